The summed E-state index contributed by atoms with van der Waals surface area (Å²) in [7, 11) is 3.26. The Morgan fingerprint density at radius 3 is 2.05 bits per heavy atom. The third-order valence-corrected chi connectivity index (χ3v) is 3.42. The standard InChI is InChI=1S/C14H20BrNO3/c1-18-9-7-16(8-10-19-2)14(17)13-5-3-12(11-15)4-6-13/h3-6H,7-11H2,1-2H3. The van der Waals surface area contributed by atoms with Crippen molar-refractivity contribution in [2.75, 3.05) is 40.5 Å². The van der Waals surface area contributed by atoms with Crippen molar-refractivity contribution < 1.29 is 14.3 Å². The molecule has 0 saturated heterocycles. The quantitative estimate of drug-likeness (QED) is 0.687. The minimum Gasteiger partial charge on any atom is -0.383 e. The van der Waals surface area contributed by atoms with Crippen LogP contribution in [0.15, 0.2) is 24.3 Å². The monoisotopic (exact) mass is 329 g/mol. The SMILES string of the molecule is COCCN(CCOC)C(=O)c1ccc(CBr)cc1. The van der Waals surface area contributed by atoms with Gasteiger partial charge < -0.3 is 14.4 Å². The highest BCUT2D eigenvalue weighted by Crippen LogP contribution is 2.10. The van der Waals surface area contributed by atoms with Gasteiger partial charge in [-0.05, 0) is 17.7 Å². The maximum absolute atomic E-state index is 12.4. The summed E-state index contributed by atoms with van der Waals surface area (Å²) in [6.07, 6.45) is 0. The Morgan fingerprint density at radius 2 is 1.63 bits per heavy atom. The summed E-state index contributed by atoms with van der Waals surface area (Å²) in [4.78, 5) is 14.1. The number of amides is 1. The van der Waals surface area contributed by atoms with Crippen LogP contribution in [0.3, 0.4) is 0 Å². The molecule has 5 heteroatoms. The van der Waals surface area contributed by atoms with Gasteiger partial charge in [-0.2, -0.15) is 0 Å². The summed E-state index contributed by atoms with van der Waals surface area (Å²) in [6.45, 7) is 2.18. The Morgan fingerprint density at radius 1 is 1.11 bits per heavy atom. The van der Waals surface area contributed by atoms with E-state index in [2.05, 4.69) is 15.9 Å². The number of nitrogens with zero attached hydrogens (tertiary/aromatic N) is 1. The second kappa shape index (κ2) is 9.07. The molecule has 0 bridgehead atoms. The summed E-state index contributed by atoms with van der Waals surface area (Å²) in [5.41, 5.74) is 1.84. The zero-order valence-electron chi connectivity index (χ0n) is 11.4. The highest BCUT2D eigenvalue weighted by atomic mass is 79.9. The maximum atomic E-state index is 12.4. The van der Waals surface area contributed by atoms with Crippen molar-refractivity contribution in [2.24, 2.45) is 0 Å². The van der Waals surface area contributed by atoms with Crippen LogP contribution in [-0.4, -0.2) is 51.3 Å². The predicted octanol–water partition coefficient (Wildman–Crippen LogP) is 2.32. The number of rotatable bonds is 8. The lowest BCUT2D eigenvalue weighted by atomic mass is 10.1. The molecule has 0 atom stereocenters. The molecule has 1 amide bonds. The van der Waals surface area contributed by atoms with Gasteiger partial charge in [0.15, 0.2) is 0 Å². The van der Waals surface area contributed by atoms with Crippen LogP contribution in [0.2, 0.25) is 0 Å². The average molecular weight is 330 g/mol. The first-order chi connectivity index (χ1) is 9.22. The lowest BCUT2D eigenvalue weighted by Gasteiger charge is -2.22. The first kappa shape index (κ1) is 16.1. The largest absolute Gasteiger partial charge is 0.383 e. The summed E-state index contributed by atoms with van der Waals surface area (Å²) in [6, 6.07) is 7.61. The number of carbonyl (C=O) groups excluding carboxylic acids is 1. The number of ether oxygens (including phenoxy) is 2. The number of halogens is 1. The second-order valence-electron chi connectivity index (χ2n) is 4.11. The molecular weight excluding hydrogens is 310 g/mol. The highest BCUT2D eigenvalue weighted by molar-refractivity contribution is 9.08. The van der Waals surface area contributed by atoms with Crippen molar-refractivity contribution in [1.82, 2.24) is 4.90 Å². The number of alkyl halides is 1. The topological polar surface area (TPSA) is 38.8 Å². The van der Waals surface area contributed by atoms with Gasteiger partial charge in [0.05, 0.1) is 13.2 Å². The van der Waals surface area contributed by atoms with Crippen molar-refractivity contribution >= 4 is 21.8 Å². The van der Waals surface area contributed by atoms with Crippen LogP contribution in [0.25, 0.3) is 0 Å². The van der Waals surface area contributed by atoms with Gasteiger partial charge in [0.1, 0.15) is 0 Å². The van der Waals surface area contributed by atoms with Gasteiger partial charge in [-0.15, -0.1) is 0 Å². The molecule has 0 unspecified atom stereocenters. The van der Waals surface area contributed by atoms with E-state index in [0.29, 0.717) is 31.9 Å². The van der Waals surface area contributed by atoms with Crippen LogP contribution in [0, 0.1) is 0 Å². The molecule has 0 aliphatic heterocycles. The van der Waals surface area contributed by atoms with Gasteiger partial charge >= 0.3 is 0 Å². The van der Waals surface area contributed by atoms with E-state index in [1.807, 2.05) is 24.3 Å². The van der Waals surface area contributed by atoms with Crippen LogP contribution in [0.1, 0.15) is 15.9 Å². The molecule has 1 rings (SSSR count). The van der Waals surface area contributed by atoms with Crippen LogP contribution >= 0.6 is 15.9 Å². The number of hydrogen-bond acceptors (Lipinski definition) is 3. The van der Waals surface area contributed by atoms with Gasteiger partial charge in [0.2, 0.25) is 0 Å². The van der Waals surface area contributed by atoms with E-state index < -0.39 is 0 Å². The Hall–Kier alpha value is -0.910. The van der Waals surface area contributed by atoms with Gasteiger partial charge in [-0.25, -0.2) is 0 Å². The van der Waals surface area contributed by atoms with E-state index in [9.17, 15) is 4.79 Å². The van der Waals surface area contributed by atoms with Crippen molar-refractivity contribution in [2.45, 2.75) is 5.33 Å². The molecule has 0 heterocycles. The fraction of sp³-hybridized carbons (Fsp3) is 0.500. The third-order valence-electron chi connectivity index (χ3n) is 2.77. The molecule has 1 aromatic carbocycles. The Bertz CT molecular complexity index is 373. The molecule has 0 aliphatic rings. The molecule has 19 heavy (non-hydrogen) atoms. The van der Waals surface area contributed by atoms with Crippen molar-refractivity contribution in [3.8, 4) is 0 Å². The maximum Gasteiger partial charge on any atom is 0.254 e. The normalized spacial score (nSPS) is 10.5. The number of hydrogen-bond donors (Lipinski definition) is 0. The number of carbonyl (C=O) groups is 1. The van der Waals surface area contributed by atoms with E-state index in [-0.39, 0.29) is 5.91 Å². The molecule has 0 fully saturated rings. The van der Waals surface area contributed by atoms with Crippen LogP contribution < -0.4 is 0 Å². The molecule has 0 saturated carbocycles. The van der Waals surface area contributed by atoms with Gasteiger partial charge in [0, 0.05) is 38.2 Å². The van der Waals surface area contributed by atoms with E-state index in [1.165, 1.54) is 0 Å². The van der Waals surface area contributed by atoms with E-state index in [4.69, 9.17) is 9.47 Å². The minimum absolute atomic E-state index is 0.00947. The number of benzene rings is 1. The van der Waals surface area contributed by atoms with Crippen LogP contribution in [-0.2, 0) is 14.8 Å². The minimum atomic E-state index is 0.00947. The smallest absolute Gasteiger partial charge is 0.254 e. The van der Waals surface area contributed by atoms with Crippen molar-refractivity contribution in [3.63, 3.8) is 0 Å². The highest BCUT2D eigenvalue weighted by Gasteiger charge is 2.15. The summed E-state index contributed by atoms with van der Waals surface area (Å²) >= 11 is 3.39. The predicted molar refractivity (Wildman–Crippen MR) is 78.7 cm³/mol. The van der Waals surface area contributed by atoms with E-state index >= 15 is 0 Å². The molecule has 4 nitrogen and oxygen atoms in total. The van der Waals surface area contributed by atoms with Crippen LogP contribution in [0.5, 0.6) is 0 Å². The molecule has 0 aliphatic carbocycles. The fourth-order valence-corrected chi connectivity index (χ4v) is 2.01. The summed E-state index contributed by atoms with van der Waals surface area (Å²) in [5, 5.41) is 0.790. The van der Waals surface area contributed by atoms with E-state index in [0.717, 1.165) is 10.9 Å². The molecular formula is C14H20BrNO3. The average Bonchev–Trinajstić information content (AvgIpc) is 2.47. The zero-order valence-corrected chi connectivity index (χ0v) is 13.0. The van der Waals surface area contributed by atoms with Crippen molar-refractivity contribution in [3.05, 3.63) is 35.4 Å². The third kappa shape index (κ3) is 5.30. The van der Waals surface area contributed by atoms with Crippen molar-refractivity contribution in [1.29, 1.82) is 0 Å². The summed E-state index contributed by atoms with van der Waals surface area (Å²) in [5.74, 6) is 0.00947. The van der Waals surface area contributed by atoms with E-state index in [1.54, 1.807) is 19.1 Å². The molecule has 106 valence electrons. The lowest BCUT2D eigenvalue weighted by molar-refractivity contribution is 0.0627. The fourth-order valence-electron chi connectivity index (χ4n) is 1.64. The van der Waals surface area contributed by atoms with Crippen LogP contribution in [0.4, 0.5) is 0 Å². The Labute approximate surface area is 122 Å². The number of methoxy groups -OCH3 is 2. The first-order valence-corrected chi connectivity index (χ1v) is 7.27. The Kier molecular flexibility index (Phi) is 7.70. The Balaban J connectivity index is 2.72. The lowest BCUT2D eigenvalue weighted by Crippen LogP contribution is -2.36. The molecule has 0 aromatic heterocycles. The molecule has 0 spiro atoms. The summed E-state index contributed by atoms with van der Waals surface area (Å²) < 4.78 is 10.1. The molecule has 1 aromatic rings. The second-order valence-corrected chi connectivity index (χ2v) is 4.67. The first-order valence-electron chi connectivity index (χ1n) is 6.15. The van der Waals surface area contributed by atoms with Gasteiger partial charge in [-0.3, -0.25) is 4.79 Å². The van der Waals surface area contributed by atoms with Gasteiger partial charge in [-0.1, -0.05) is 28.1 Å². The zero-order chi connectivity index (χ0) is 14.1. The van der Waals surface area contributed by atoms with Gasteiger partial charge in [0.25, 0.3) is 5.91 Å². The molecule has 0 radical (unpaired) electrons. The molecule has 0 N–H and O–H groups in total.